The van der Waals surface area contributed by atoms with Gasteiger partial charge in [0.1, 0.15) is 35.2 Å². The van der Waals surface area contributed by atoms with Crippen LogP contribution in [0.2, 0.25) is 0 Å². The van der Waals surface area contributed by atoms with E-state index in [1.807, 2.05) is 52.0 Å². The fourth-order valence-electron chi connectivity index (χ4n) is 6.90. The van der Waals surface area contributed by atoms with Crippen molar-refractivity contribution >= 4 is 18.1 Å². The highest BCUT2D eigenvalue weighted by molar-refractivity contribution is 5.90. The van der Waals surface area contributed by atoms with Crippen molar-refractivity contribution in [3.05, 3.63) is 119 Å². The summed E-state index contributed by atoms with van der Waals surface area (Å²) in [6.07, 6.45) is -2.02. The Bertz CT molecular complexity index is 1870. The predicted octanol–water partition coefficient (Wildman–Crippen LogP) is 8.87. The summed E-state index contributed by atoms with van der Waals surface area (Å²) in [4.78, 5) is 38.8. The highest BCUT2D eigenvalue weighted by Gasteiger charge is 2.66. The van der Waals surface area contributed by atoms with Crippen molar-refractivity contribution in [3.8, 4) is 23.0 Å². The summed E-state index contributed by atoms with van der Waals surface area (Å²) in [5, 5.41) is 9.62. The highest BCUT2D eigenvalue weighted by Crippen LogP contribution is 2.57. The Balaban J connectivity index is 1.13. The van der Waals surface area contributed by atoms with E-state index in [0.717, 1.165) is 11.1 Å². The average molecular weight is 711 g/mol. The molecule has 4 aromatic carbocycles. The highest BCUT2D eigenvalue weighted by atomic mass is 16.7. The molecule has 1 fully saturated rings. The number of carbonyl (C=O) groups excluding carboxylic acids is 3. The van der Waals surface area contributed by atoms with E-state index in [-0.39, 0.29) is 22.5 Å². The molecule has 1 saturated carbocycles. The molecule has 4 aromatic rings. The Hall–Kier alpha value is -5.35. The first-order valence-electron chi connectivity index (χ1n) is 17.0. The molecule has 0 saturated heterocycles. The third-order valence-electron chi connectivity index (χ3n) is 9.76. The van der Waals surface area contributed by atoms with E-state index < -0.39 is 46.9 Å². The van der Waals surface area contributed by atoms with Crippen molar-refractivity contribution in [2.24, 2.45) is 10.8 Å². The Morgan fingerprint density at radius 2 is 0.942 bits per heavy atom. The van der Waals surface area contributed by atoms with Crippen LogP contribution in [-0.2, 0) is 19.6 Å². The number of methoxy groups -OCH3 is 1. The van der Waals surface area contributed by atoms with Gasteiger partial charge in [-0.2, -0.15) is 0 Å². The monoisotopic (exact) mass is 710 g/mol. The summed E-state index contributed by atoms with van der Waals surface area (Å²) in [5.41, 5.74) is 0.948. The standard InChI is InChI=1S/C42H46O10/c1-39(2,28-14-18-30(43)19-15-28)29-16-24-32(25-17-29)49-38(46)48-31-20-10-26(11-21-31)34(44)50-36-40(3,4)37(41(36,5)6)51-35(45)27-12-22-33(23-13-27)52-42(7,8)47-9/h10-25,36-37,43H,1-9H3. The Morgan fingerprint density at radius 3 is 1.35 bits per heavy atom. The fraction of sp³-hybridized carbons (Fsp3) is 0.357. The number of hydrogen-bond donors (Lipinski definition) is 1. The van der Waals surface area contributed by atoms with Gasteiger partial charge in [-0.3, -0.25) is 0 Å². The fourth-order valence-corrected chi connectivity index (χ4v) is 6.90. The van der Waals surface area contributed by atoms with Crippen LogP contribution in [0.3, 0.4) is 0 Å². The van der Waals surface area contributed by atoms with Crippen molar-refractivity contribution in [2.45, 2.75) is 78.8 Å². The first-order chi connectivity index (χ1) is 24.3. The van der Waals surface area contributed by atoms with Crippen molar-refractivity contribution in [1.29, 1.82) is 0 Å². The Morgan fingerprint density at radius 1 is 0.577 bits per heavy atom. The number of ether oxygens (including phenoxy) is 6. The number of hydrogen-bond acceptors (Lipinski definition) is 10. The normalized spacial score (nSPS) is 17.6. The zero-order chi connectivity index (χ0) is 38.1. The number of carbonyl (C=O) groups is 3. The summed E-state index contributed by atoms with van der Waals surface area (Å²) in [7, 11) is 1.55. The minimum atomic E-state index is -0.932. The maximum atomic E-state index is 13.2. The molecule has 0 amide bonds. The van der Waals surface area contributed by atoms with Crippen LogP contribution in [-0.4, -0.2) is 48.3 Å². The lowest BCUT2D eigenvalue weighted by Crippen LogP contribution is -2.69. The van der Waals surface area contributed by atoms with Gasteiger partial charge in [0.2, 0.25) is 5.79 Å². The van der Waals surface area contributed by atoms with E-state index >= 15 is 0 Å². The van der Waals surface area contributed by atoms with Crippen LogP contribution in [0.25, 0.3) is 0 Å². The second-order valence-electron chi connectivity index (χ2n) is 15.1. The van der Waals surface area contributed by atoms with Crippen molar-refractivity contribution in [3.63, 3.8) is 0 Å². The molecule has 274 valence electrons. The molecule has 0 aliphatic heterocycles. The third-order valence-corrected chi connectivity index (χ3v) is 9.76. The van der Waals surface area contributed by atoms with E-state index in [2.05, 4.69) is 13.8 Å². The lowest BCUT2D eigenvalue weighted by Gasteiger charge is -2.61. The molecule has 0 unspecified atom stereocenters. The molecule has 10 heteroatoms. The van der Waals surface area contributed by atoms with Crippen LogP contribution in [0, 0.1) is 10.8 Å². The van der Waals surface area contributed by atoms with Crippen LogP contribution in [0.15, 0.2) is 97.1 Å². The summed E-state index contributed by atoms with van der Waals surface area (Å²) in [6, 6.07) is 26.7. The molecule has 0 spiro atoms. The molecule has 0 atom stereocenters. The molecule has 1 N–H and O–H groups in total. The molecular weight excluding hydrogens is 664 g/mol. The van der Waals surface area contributed by atoms with Gasteiger partial charge < -0.3 is 33.5 Å². The van der Waals surface area contributed by atoms with Gasteiger partial charge in [0.25, 0.3) is 0 Å². The summed E-state index contributed by atoms with van der Waals surface area (Å²) >= 11 is 0. The van der Waals surface area contributed by atoms with Crippen LogP contribution in [0.1, 0.15) is 87.2 Å². The zero-order valence-corrected chi connectivity index (χ0v) is 31.0. The quantitative estimate of drug-likeness (QED) is 0.0916. The van der Waals surface area contributed by atoms with Crippen LogP contribution in [0.5, 0.6) is 23.0 Å². The van der Waals surface area contributed by atoms with Gasteiger partial charge in [0.15, 0.2) is 0 Å². The SMILES string of the molecule is COC(C)(C)Oc1ccc(C(=O)OC2C(C)(C)C(OC(=O)c3ccc(OC(=O)Oc4ccc(C(C)(C)c5ccc(O)cc5)cc4)cc3)C2(C)C)cc1. The zero-order valence-electron chi connectivity index (χ0n) is 31.0. The molecule has 52 heavy (non-hydrogen) atoms. The molecule has 0 aromatic heterocycles. The van der Waals surface area contributed by atoms with Crippen molar-refractivity contribution < 1.29 is 47.9 Å². The summed E-state index contributed by atoms with van der Waals surface area (Å²) < 4.78 is 33.7. The number of phenols is 1. The number of benzene rings is 4. The van der Waals surface area contributed by atoms with Crippen molar-refractivity contribution in [1.82, 2.24) is 0 Å². The molecule has 1 aliphatic carbocycles. The summed E-state index contributed by atoms with van der Waals surface area (Å²) in [5.74, 6) is -0.628. The number of phenolic OH excluding ortho intramolecular Hbond substituents is 1. The topological polar surface area (TPSA) is 127 Å². The average Bonchev–Trinajstić information content (AvgIpc) is 3.10. The maximum Gasteiger partial charge on any atom is 0.519 e. The second-order valence-corrected chi connectivity index (χ2v) is 15.1. The lowest BCUT2D eigenvalue weighted by atomic mass is 9.51. The molecule has 0 radical (unpaired) electrons. The molecule has 10 nitrogen and oxygen atoms in total. The van der Waals surface area contributed by atoms with Crippen LogP contribution >= 0.6 is 0 Å². The van der Waals surface area contributed by atoms with E-state index in [4.69, 9.17) is 28.4 Å². The van der Waals surface area contributed by atoms with Gasteiger partial charge in [-0.05, 0) is 83.9 Å². The minimum absolute atomic E-state index is 0.185. The molecule has 1 aliphatic rings. The number of rotatable bonds is 11. The van der Waals surface area contributed by atoms with E-state index in [0.29, 0.717) is 17.1 Å². The largest absolute Gasteiger partial charge is 0.519 e. The van der Waals surface area contributed by atoms with Crippen LogP contribution in [0.4, 0.5) is 4.79 Å². The van der Waals surface area contributed by atoms with E-state index in [1.54, 1.807) is 69.5 Å². The lowest BCUT2D eigenvalue weighted by molar-refractivity contribution is -0.246. The van der Waals surface area contributed by atoms with Gasteiger partial charge in [-0.15, -0.1) is 0 Å². The minimum Gasteiger partial charge on any atom is -0.508 e. The Labute approximate surface area is 304 Å². The second kappa shape index (κ2) is 14.3. The number of esters is 2. The van der Waals surface area contributed by atoms with E-state index in [9.17, 15) is 19.5 Å². The van der Waals surface area contributed by atoms with Gasteiger partial charge in [-0.25, -0.2) is 14.4 Å². The maximum absolute atomic E-state index is 13.2. The van der Waals surface area contributed by atoms with Crippen molar-refractivity contribution in [2.75, 3.05) is 7.11 Å². The number of aromatic hydroxyl groups is 1. The molecular formula is C42H46O10. The molecule has 0 bridgehead atoms. The van der Waals surface area contributed by atoms with E-state index in [1.165, 1.54) is 24.3 Å². The third kappa shape index (κ3) is 8.07. The molecule has 5 rings (SSSR count). The first-order valence-corrected chi connectivity index (χ1v) is 17.0. The van der Waals surface area contributed by atoms with Gasteiger partial charge in [0.05, 0.1) is 11.1 Å². The first kappa shape index (κ1) is 37.9. The predicted molar refractivity (Wildman–Crippen MR) is 194 cm³/mol. The summed E-state index contributed by atoms with van der Waals surface area (Å²) in [6.45, 7) is 15.3. The smallest absolute Gasteiger partial charge is 0.508 e. The van der Waals surface area contributed by atoms with Gasteiger partial charge in [-0.1, -0.05) is 65.8 Å². The Kier molecular flexibility index (Phi) is 10.5. The van der Waals surface area contributed by atoms with Gasteiger partial charge in [0, 0.05) is 37.2 Å². The van der Waals surface area contributed by atoms with Crippen LogP contribution < -0.4 is 14.2 Å². The molecule has 0 heterocycles. The van der Waals surface area contributed by atoms with Gasteiger partial charge >= 0.3 is 18.1 Å².